The molecular formula is C16H21BrN2OS. The molecule has 0 aliphatic heterocycles. The molecular weight excluding hydrogens is 348 g/mol. The molecule has 0 fully saturated rings. The number of thiophene rings is 1. The van der Waals surface area contributed by atoms with Crippen LogP contribution in [0.4, 0.5) is 0 Å². The van der Waals surface area contributed by atoms with E-state index in [0.29, 0.717) is 12.5 Å². The summed E-state index contributed by atoms with van der Waals surface area (Å²) in [5.41, 5.74) is 1.99. The lowest BCUT2D eigenvalue weighted by atomic mass is 10.2. The molecule has 1 N–H and O–H groups in total. The molecule has 114 valence electrons. The van der Waals surface area contributed by atoms with Gasteiger partial charge in [-0.2, -0.15) is 0 Å². The van der Waals surface area contributed by atoms with Crippen molar-refractivity contribution in [2.24, 2.45) is 5.92 Å². The third-order valence-electron chi connectivity index (χ3n) is 2.92. The SMILES string of the molecule is Cc1ccc(OCc2ccc(Br)s2)c(CNCC(C)C)n1. The maximum atomic E-state index is 5.94. The Bertz CT molecular complexity index is 583. The minimum absolute atomic E-state index is 0.582. The predicted molar refractivity (Wildman–Crippen MR) is 91.9 cm³/mol. The number of hydrogen-bond acceptors (Lipinski definition) is 4. The van der Waals surface area contributed by atoms with E-state index in [0.717, 1.165) is 34.0 Å². The third kappa shape index (κ3) is 5.41. The van der Waals surface area contributed by atoms with Crippen molar-refractivity contribution in [3.05, 3.63) is 44.3 Å². The molecule has 0 unspecified atom stereocenters. The summed E-state index contributed by atoms with van der Waals surface area (Å²) in [6.07, 6.45) is 0. The van der Waals surface area contributed by atoms with Crippen LogP contribution in [0.2, 0.25) is 0 Å². The van der Waals surface area contributed by atoms with E-state index in [4.69, 9.17) is 4.74 Å². The summed E-state index contributed by atoms with van der Waals surface area (Å²) in [6, 6.07) is 8.12. The van der Waals surface area contributed by atoms with E-state index in [1.165, 1.54) is 4.88 Å². The first-order chi connectivity index (χ1) is 10.0. The average Bonchev–Trinajstić information content (AvgIpc) is 2.83. The van der Waals surface area contributed by atoms with Gasteiger partial charge in [-0.15, -0.1) is 11.3 Å². The Morgan fingerprint density at radius 3 is 2.76 bits per heavy atom. The van der Waals surface area contributed by atoms with Crippen LogP contribution in [0.3, 0.4) is 0 Å². The molecule has 0 aromatic carbocycles. The highest BCUT2D eigenvalue weighted by Gasteiger charge is 2.07. The van der Waals surface area contributed by atoms with Crippen LogP contribution in [0.1, 0.15) is 30.1 Å². The zero-order valence-corrected chi connectivity index (χ0v) is 15.1. The Morgan fingerprint density at radius 1 is 1.29 bits per heavy atom. The van der Waals surface area contributed by atoms with E-state index in [-0.39, 0.29) is 0 Å². The molecule has 0 radical (unpaired) electrons. The number of pyridine rings is 1. The fourth-order valence-electron chi connectivity index (χ4n) is 1.91. The van der Waals surface area contributed by atoms with Crippen molar-refractivity contribution in [1.29, 1.82) is 0 Å². The van der Waals surface area contributed by atoms with Gasteiger partial charge in [0.2, 0.25) is 0 Å². The first kappa shape index (κ1) is 16.5. The minimum Gasteiger partial charge on any atom is -0.486 e. The van der Waals surface area contributed by atoms with E-state index in [2.05, 4.69) is 46.1 Å². The van der Waals surface area contributed by atoms with Gasteiger partial charge in [-0.1, -0.05) is 13.8 Å². The molecule has 0 saturated heterocycles. The number of halogens is 1. The fourth-order valence-corrected chi connectivity index (χ4v) is 3.31. The van der Waals surface area contributed by atoms with Crippen molar-refractivity contribution in [3.63, 3.8) is 0 Å². The molecule has 2 aromatic rings. The van der Waals surface area contributed by atoms with Gasteiger partial charge in [0.05, 0.1) is 9.48 Å². The van der Waals surface area contributed by atoms with Crippen molar-refractivity contribution in [1.82, 2.24) is 10.3 Å². The molecule has 0 spiro atoms. The standard InChI is InChI=1S/C16H21BrN2OS/c1-11(2)8-18-9-14-15(6-4-12(3)19-14)20-10-13-5-7-16(17)21-13/h4-7,11,18H,8-10H2,1-3H3. The highest BCUT2D eigenvalue weighted by atomic mass is 79.9. The molecule has 2 rings (SSSR count). The summed E-state index contributed by atoms with van der Waals surface area (Å²) < 4.78 is 7.06. The topological polar surface area (TPSA) is 34.1 Å². The molecule has 0 saturated carbocycles. The lowest BCUT2D eigenvalue weighted by Crippen LogP contribution is -2.20. The van der Waals surface area contributed by atoms with E-state index < -0.39 is 0 Å². The summed E-state index contributed by atoms with van der Waals surface area (Å²) in [6.45, 7) is 8.70. The largest absolute Gasteiger partial charge is 0.486 e. The van der Waals surface area contributed by atoms with Crippen LogP contribution in [-0.4, -0.2) is 11.5 Å². The second-order valence-corrected chi connectivity index (χ2v) is 7.96. The quantitative estimate of drug-likeness (QED) is 0.778. The molecule has 2 aromatic heterocycles. The van der Waals surface area contributed by atoms with Crippen LogP contribution >= 0.6 is 27.3 Å². The third-order valence-corrected chi connectivity index (χ3v) is 4.51. The Balaban J connectivity index is 2.00. The number of aromatic nitrogens is 1. The second kappa shape index (κ2) is 7.92. The van der Waals surface area contributed by atoms with Crippen LogP contribution in [0, 0.1) is 12.8 Å². The van der Waals surface area contributed by atoms with Crippen molar-refractivity contribution in [3.8, 4) is 5.75 Å². The number of rotatable bonds is 7. The number of hydrogen-bond donors (Lipinski definition) is 1. The molecule has 3 nitrogen and oxygen atoms in total. The first-order valence-electron chi connectivity index (χ1n) is 7.09. The normalized spacial score (nSPS) is 11.1. The predicted octanol–water partition coefficient (Wildman–Crippen LogP) is 4.54. The molecule has 2 heterocycles. The molecule has 21 heavy (non-hydrogen) atoms. The average molecular weight is 369 g/mol. The van der Waals surface area contributed by atoms with Gasteiger partial charge in [0, 0.05) is 17.1 Å². The molecule has 0 aliphatic rings. The van der Waals surface area contributed by atoms with Crippen LogP contribution < -0.4 is 10.1 Å². The van der Waals surface area contributed by atoms with Crippen molar-refractivity contribution < 1.29 is 4.74 Å². The number of nitrogens with one attached hydrogen (secondary N) is 1. The van der Waals surface area contributed by atoms with Gasteiger partial charge in [-0.3, -0.25) is 4.98 Å². The van der Waals surface area contributed by atoms with Crippen LogP contribution in [0.25, 0.3) is 0 Å². The summed E-state index contributed by atoms with van der Waals surface area (Å²) in [5, 5.41) is 3.42. The molecule has 5 heteroatoms. The second-order valence-electron chi connectivity index (χ2n) is 5.42. The van der Waals surface area contributed by atoms with Gasteiger partial charge in [-0.25, -0.2) is 0 Å². The monoisotopic (exact) mass is 368 g/mol. The maximum Gasteiger partial charge on any atom is 0.142 e. The Labute approximate surface area is 138 Å². The van der Waals surface area contributed by atoms with Gasteiger partial charge < -0.3 is 10.1 Å². The van der Waals surface area contributed by atoms with E-state index in [9.17, 15) is 0 Å². The van der Waals surface area contributed by atoms with Gasteiger partial charge in [0.15, 0.2) is 0 Å². The van der Waals surface area contributed by atoms with Crippen LogP contribution in [0.5, 0.6) is 5.75 Å². The number of nitrogens with zero attached hydrogens (tertiary/aromatic N) is 1. The summed E-state index contributed by atoms with van der Waals surface area (Å²) in [4.78, 5) is 5.79. The van der Waals surface area contributed by atoms with Crippen molar-refractivity contribution >= 4 is 27.3 Å². The van der Waals surface area contributed by atoms with Gasteiger partial charge in [-0.05, 0) is 59.6 Å². The lowest BCUT2D eigenvalue weighted by Gasteiger charge is -2.12. The highest BCUT2D eigenvalue weighted by Crippen LogP contribution is 2.24. The van der Waals surface area contributed by atoms with Crippen molar-refractivity contribution in [2.75, 3.05) is 6.54 Å². The van der Waals surface area contributed by atoms with E-state index >= 15 is 0 Å². The fraction of sp³-hybridized carbons (Fsp3) is 0.438. The zero-order valence-electron chi connectivity index (χ0n) is 12.6. The minimum atomic E-state index is 0.582. The summed E-state index contributed by atoms with van der Waals surface area (Å²) >= 11 is 5.16. The summed E-state index contributed by atoms with van der Waals surface area (Å²) in [7, 11) is 0. The van der Waals surface area contributed by atoms with E-state index in [1.54, 1.807) is 11.3 Å². The van der Waals surface area contributed by atoms with E-state index in [1.807, 2.05) is 25.1 Å². The Hall–Kier alpha value is -0.910. The molecule has 0 bridgehead atoms. The highest BCUT2D eigenvalue weighted by molar-refractivity contribution is 9.11. The van der Waals surface area contributed by atoms with Crippen molar-refractivity contribution in [2.45, 2.75) is 33.9 Å². The zero-order chi connectivity index (χ0) is 15.2. The van der Waals surface area contributed by atoms with Gasteiger partial charge >= 0.3 is 0 Å². The summed E-state index contributed by atoms with van der Waals surface area (Å²) in [5.74, 6) is 1.49. The smallest absolute Gasteiger partial charge is 0.142 e. The van der Waals surface area contributed by atoms with Gasteiger partial charge in [0.1, 0.15) is 12.4 Å². The Morgan fingerprint density at radius 2 is 2.10 bits per heavy atom. The maximum absolute atomic E-state index is 5.94. The van der Waals surface area contributed by atoms with Gasteiger partial charge in [0.25, 0.3) is 0 Å². The number of ether oxygens (including phenoxy) is 1. The molecule has 0 aliphatic carbocycles. The first-order valence-corrected chi connectivity index (χ1v) is 8.70. The number of aryl methyl sites for hydroxylation is 1. The lowest BCUT2D eigenvalue weighted by molar-refractivity contribution is 0.303. The Kier molecular flexibility index (Phi) is 6.21. The molecule has 0 amide bonds. The molecule has 0 atom stereocenters. The van der Waals surface area contributed by atoms with Crippen LogP contribution in [-0.2, 0) is 13.2 Å². The van der Waals surface area contributed by atoms with Crippen LogP contribution in [0.15, 0.2) is 28.1 Å².